The number of carbonyl (C=O) groups is 5. The fourth-order valence-corrected chi connectivity index (χ4v) is 4.01. The summed E-state index contributed by atoms with van der Waals surface area (Å²) in [6, 6.07) is 21.2. The molecule has 0 saturated carbocycles. The first-order valence-corrected chi connectivity index (χ1v) is 15.5. The molecule has 1 N–H and O–H groups in total. The molecule has 260 valence electrons. The molecule has 50 heavy (non-hydrogen) atoms. The van der Waals surface area contributed by atoms with Crippen LogP contribution in [0.3, 0.4) is 0 Å². The van der Waals surface area contributed by atoms with E-state index in [4.69, 9.17) is 33.8 Å². The van der Waals surface area contributed by atoms with Gasteiger partial charge in [0, 0.05) is 18.6 Å². The summed E-state index contributed by atoms with van der Waals surface area (Å²) in [7, 11) is 0. The van der Waals surface area contributed by atoms with Gasteiger partial charge in [0.25, 0.3) is 0 Å². The Hall–Kier alpha value is -6.30. The highest BCUT2D eigenvalue weighted by Gasteiger charge is 2.12. The standard InChI is InChI=1S/C38H37NO11/c1-3-33(39)45-25-26-48-36(42)20-19-35(41)47-24-22-38(44)50-32-16-12-30(13-17-32)29-10-5-27(6-11-29)9-18-37(43)49-31-14-7-28(8-15-31)21-23-46-34(40)4-2/h3-18,39H,1-2,19-26H2/b18-9+,39-33?. The number of carbonyl (C=O) groups excluding carboxylic acids is 5. The van der Waals surface area contributed by atoms with Crippen LogP contribution in [0.5, 0.6) is 11.5 Å². The van der Waals surface area contributed by atoms with Crippen molar-refractivity contribution in [2.24, 2.45) is 0 Å². The lowest BCUT2D eigenvalue weighted by atomic mass is 10.0. The van der Waals surface area contributed by atoms with Gasteiger partial charge in [-0.05, 0) is 58.7 Å². The molecular formula is C38H37NO11. The average Bonchev–Trinajstić information content (AvgIpc) is 3.12. The van der Waals surface area contributed by atoms with Gasteiger partial charge in [-0.25, -0.2) is 9.59 Å². The Morgan fingerprint density at radius 1 is 0.560 bits per heavy atom. The van der Waals surface area contributed by atoms with Gasteiger partial charge in [-0.2, -0.15) is 0 Å². The van der Waals surface area contributed by atoms with E-state index in [9.17, 15) is 24.0 Å². The van der Waals surface area contributed by atoms with Crippen molar-refractivity contribution < 1.29 is 52.4 Å². The van der Waals surface area contributed by atoms with Crippen molar-refractivity contribution in [1.29, 1.82) is 5.41 Å². The number of rotatable bonds is 19. The topological polar surface area (TPSA) is 165 Å². The summed E-state index contributed by atoms with van der Waals surface area (Å²) in [5, 5.41) is 7.23. The lowest BCUT2D eigenvalue weighted by Gasteiger charge is -2.08. The fraction of sp³-hybridized carbons (Fsp3) is 0.211. The molecule has 0 aliphatic heterocycles. The van der Waals surface area contributed by atoms with Crippen molar-refractivity contribution in [3.63, 3.8) is 0 Å². The Kier molecular flexibility index (Phi) is 15.9. The van der Waals surface area contributed by atoms with Gasteiger partial charge in [-0.3, -0.25) is 19.8 Å². The van der Waals surface area contributed by atoms with Crippen molar-refractivity contribution in [2.45, 2.75) is 25.7 Å². The van der Waals surface area contributed by atoms with Crippen LogP contribution in [0.25, 0.3) is 17.2 Å². The highest BCUT2D eigenvalue weighted by molar-refractivity contribution is 5.89. The largest absolute Gasteiger partial charge is 0.474 e. The SMILES string of the molecule is C=CC(=N)OCCOC(=O)CCC(=O)OCCC(=O)Oc1ccc(-c2ccc(/C=C/C(=O)Oc3ccc(CCOC(=O)C=C)cc3)cc2)cc1. The molecule has 3 aromatic rings. The summed E-state index contributed by atoms with van der Waals surface area (Å²) < 4.78 is 30.4. The van der Waals surface area contributed by atoms with E-state index in [1.165, 1.54) is 12.2 Å². The second-order valence-electron chi connectivity index (χ2n) is 10.2. The minimum Gasteiger partial charge on any atom is -0.474 e. The summed E-state index contributed by atoms with van der Waals surface area (Å²) in [4.78, 5) is 59.1. The molecule has 0 fully saturated rings. The van der Waals surface area contributed by atoms with E-state index in [1.54, 1.807) is 54.6 Å². The van der Waals surface area contributed by atoms with Gasteiger partial charge < -0.3 is 28.4 Å². The van der Waals surface area contributed by atoms with E-state index in [2.05, 4.69) is 13.2 Å². The fourth-order valence-electron chi connectivity index (χ4n) is 4.01. The van der Waals surface area contributed by atoms with Gasteiger partial charge in [0.05, 0.1) is 25.9 Å². The van der Waals surface area contributed by atoms with Gasteiger partial charge in [0.1, 0.15) is 31.3 Å². The van der Waals surface area contributed by atoms with E-state index in [1.807, 2.05) is 24.3 Å². The lowest BCUT2D eigenvalue weighted by molar-refractivity contribution is -0.151. The molecule has 0 radical (unpaired) electrons. The molecule has 3 rings (SSSR count). The molecule has 0 bridgehead atoms. The summed E-state index contributed by atoms with van der Waals surface area (Å²) >= 11 is 0. The molecule has 0 heterocycles. The van der Waals surface area contributed by atoms with Gasteiger partial charge in [0.2, 0.25) is 5.90 Å². The maximum atomic E-state index is 12.3. The van der Waals surface area contributed by atoms with E-state index in [-0.39, 0.29) is 51.6 Å². The summed E-state index contributed by atoms with van der Waals surface area (Å²) in [6.07, 6.45) is 5.23. The monoisotopic (exact) mass is 683 g/mol. The third-order valence-electron chi connectivity index (χ3n) is 6.58. The van der Waals surface area contributed by atoms with Crippen LogP contribution in [-0.2, 0) is 49.3 Å². The highest BCUT2D eigenvalue weighted by atomic mass is 16.6. The van der Waals surface area contributed by atoms with E-state index < -0.39 is 29.8 Å². The van der Waals surface area contributed by atoms with Crippen LogP contribution in [0.15, 0.2) is 104 Å². The molecule has 12 nitrogen and oxygen atoms in total. The third-order valence-corrected chi connectivity index (χ3v) is 6.58. The second-order valence-corrected chi connectivity index (χ2v) is 10.2. The summed E-state index contributed by atoms with van der Waals surface area (Å²) in [5.41, 5.74) is 3.48. The third kappa shape index (κ3) is 14.6. The number of benzene rings is 3. The maximum Gasteiger partial charge on any atom is 0.336 e. The number of hydrogen-bond acceptors (Lipinski definition) is 12. The van der Waals surface area contributed by atoms with E-state index in [0.717, 1.165) is 28.3 Å². The second kappa shape index (κ2) is 20.8. The first-order chi connectivity index (χ1) is 24.1. The van der Waals surface area contributed by atoms with Crippen LogP contribution >= 0.6 is 0 Å². The Bertz CT molecular complexity index is 1680. The number of hydrogen-bond donors (Lipinski definition) is 1. The van der Waals surface area contributed by atoms with Crippen LogP contribution in [-0.4, -0.2) is 62.2 Å². The average molecular weight is 684 g/mol. The molecule has 12 heteroatoms. The Morgan fingerprint density at radius 2 is 1.12 bits per heavy atom. The zero-order valence-corrected chi connectivity index (χ0v) is 27.3. The Labute approximate surface area is 289 Å². The number of nitrogens with one attached hydrogen (secondary N) is 1. The molecule has 0 spiro atoms. The van der Waals surface area contributed by atoms with Crippen LogP contribution in [0.2, 0.25) is 0 Å². The van der Waals surface area contributed by atoms with Crippen molar-refractivity contribution in [3.05, 3.63) is 115 Å². The molecule has 0 amide bonds. The van der Waals surface area contributed by atoms with Gasteiger partial charge >= 0.3 is 29.8 Å². The zero-order valence-electron chi connectivity index (χ0n) is 27.3. The van der Waals surface area contributed by atoms with Crippen LogP contribution < -0.4 is 9.47 Å². The normalized spacial score (nSPS) is 10.4. The van der Waals surface area contributed by atoms with Crippen molar-refractivity contribution in [3.8, 4) is 22.6 Å². The molecule has 0 aromatic heterocycles. The van der Waals surface area contributed by atoms with Crippen molar-refractivity contribution in [1.82, 2.24) is 0 Å². The first-order valence-electron chi connectivity index (χ1n) is 15.5. The quantitative estimate of drug-likeness (QED) is 0.0319. The highest BCUT2D eigenvalue weighted by Crippen LogP contribution is 2.23. The molecule has 0 atom stereocenters. The summed E-state index contributed by atoms with van der Waals surface area (Å²) in [5.74, 6) is -2.31. The predicted molar refractivity (Wildman–Crippen MR) is 183 cm³/mol. The zero-order chi connectivity index (χ0) is 36.1. The van der Waals surface area contributed by atoms with Crippen molar-refractivity contribution >= 4 is 41.8 Å². The maximum absolute atomic E-state index is 12.3. The minimum atomic E-state index is -0.657. The Balaban J connectivity index is 1.35. The van der Waals surface area contributed by atoms with Gasteiger partial charge in [-0.15, -0.1) is 0 Å². The molecule has 3 aromatic carbocycles. The smallest absolute Gasteiger partial charge is 0.336 e. The van der Waals surface area contributed by atoms with Crippen LogP contribution in [0.4, 0.5) is 0 Å². The molecule has 0 saturated heterocycles. The van der Waals surface area contributed by atoms with Crippen LogP contribution in [0.1, 0.15) is 30.4 Å². The number of ether oxygens (including phenoxy) is 6. The van der Waals surface area contributed by atoms with Gasteiger partial charge in [0.15, 0.2) is 0 Å². The lowest BCUT2D eigenvalue weighted by Crippen LogP contribution is -2.16. The number of esters is 5. The van der Waals surface area contributed by atoms with Crippen LogP contribution in [0, 0.1) is 5.41 Å². The molecular weight excluding hydrogens is 646 g/mol. The summed E-state index contributed by atoms with van der Waals surface area (Å²) in [6.45, 7) is 6.66. The molecule has 0 aliphatic rings. The van der Waals surface area contributed by atoms with Crippen molar-refractivity contribution in [2.75, 3.05) is 26.4 Å². The van der Waals surface area contributed by atoms with E-state index in [0.29, 0.717) is 17.9 Å². The van der Waals surface area contributed by atoms with E-state index >= 15 is 0 Å². The molecule has 0 aliphatic carbocycles. The minimum absolute atomic E-state index is 0.00112. The first kappa shape index (κ1) is 38.2. The Morgan fingerprint density at radius 3 is 1.74 bits per heavy atom. The van der Waals surface area contributed by atoms with Gasteiger partial charge in [-0.1, -0.05) is 61.7 Å². The predicted octanol–water partition coefficient (Wildman–Crippen LogP) is 5.59. The molecule has 0 unspecified atom stereocenters.